The third kappa shape index (κ3) is 2.39. The van der Waals surface area contributed by atoms with E-state index >= 15 is 0 Å². The van der Waals surface area contributed by atoms with Crippen LogP contribution in [0.1, 0.15) is 11.1 Å². The maximum atomic E-state index is 9.10. The van der Waals surface area contributed by atoms with E-state index in [1.165, 1.54) is 0 Å². The molecule has 0 amide bonds. The van der Waals surface area contributed by atoms with Gasteiger partial charge in [-0.1, -0.05) is 23.7 Å². The highest BCUT2D eigenvalue weighted by molar-refractivity contribution is 6.33. The van der Waals surface area contributed by atoms with Gasteiger partial charge in [0.25, 0.3) is 0 Å². The number of anilines is 3. The molecule has 90 valence electrons. The molecule has 0 unspecified atom stereocenters. The van der Waals surface area contributed by atoms with Gasteiger partial charge in [0.2, 0.25) is 0 Å². The molecule has 4 heteroatoms. The van der Waals surface area contributed by atoms with Crippen molar-refractivity contribution in [1.29, 1.82) is 5.26 Å². The molecule has 3 nitrogen and oxygen atoms in total. The lowest BCUT2D eigenvalue weighted by molar-refractivity contribution is 1.39. The molecular weight excluding hydrogens is 246 g/mol. The molecule has 2 aromatic carbocycles. The maximum absolute atomic E-state index is 9.10. The van der Waals surface area contributed by atoms with E-state index in [1.54, 1.807) is 24.3 Å². The number of nitrogens with two attached hydrogens (primary N) is 1. The Labute approximate surface area is 111 Å². The first kappa shape index (κ1) is 12.3. The summed E-state index contributed by atoms with van der Waals surface area (Å²) >= 11 is 6.09. The SMILES string of the molecule is Cc1cccc(C#N)c1Nc1cc(N)ccc1Cl. The molecule has 0 radical (unpaired) electrons. The minimum Gasteiger partial charge on any atom is -0.399 e. The highest BCUT2D eigenvalue weighted by Gasteiger charge is 2.07. The first-order valence-electron chi connectivity index (χ1n) is 5.43. The van der Waals surface area contributed by atoms with Gasteiger partial charge < -0.3 is 11.1 Å². The predicted octanol–water partition coefficient (Wildman–Crippen LogP) is 3.85. The number of hydrogen-bond donors (Lipinski definition) is 2. The van der Waals surface area contributed by atoms with Crippen LogP contribution in [0, 0.1) is 18.3 Å². The van der Waals surface area contributed by atoms with Gasteiger partial charge >= 0.3 is 0 Å². The van der Waals surface area contributed by atoms with E-state index in [4.69, 9.17) is 22.6 Å². The molecule has 0 aromatic heterocycles. The molecule has 0 spiro atoms. The van der Waals surface area contributed by atoms with Gasteiger partial charge in [0, 0.05) is 5.69 Å². The van der Waals surface area contributed by atoms with E-state index in [9.17, 15) is 0 Å². The van der Waals surface area contributed by atoms with E-state index < -0.39 is 0 Å². The minimum atomic E-state index is 0.566. The first-order chi connectivity index (χ1) is 8.61. The molecule has 3 N–H and O–H groups in total. The highest BCUT2D eigenvalue weighted by atomic mass is 35.5. The van der Waals surface area contributed by atoms with Crippen molar-refractivity contribution in [2.24, 2.45) is 0 Å². The largest absolute Gasteiger partial charge is 0.399 e. The van der Waals surface area contributed by atoms with Crippen molar-refractivity contribution in [3.63, 3.8) is 0 Å². The van der Waals surface area contributed by atoms with Crippen LogP contribution in [-0.2, 0) is 0 Å². The summed E-state index contributed by atoms with van der Waals surface area (Å²) in [5.74, 6) is 0. The number of nitriles is 1. The van der Waals surface area contributed by atoms with Crippen LogP contribution < -0.4 is 11.1 Å². The van der Waals surface area contributed by atoms with E-state index in [2.05, 4.69) is 11.4 Å². The third-order valence-corrected chi connectivity index (χ3v) is 2.97. The second-order valence-corrected chi connectivity index (χ2v) is 4.38. The van der Waals surface area contributed by atoms with Crippen LogP contribution in [0.5, 0.6) is 0 Å². The lowest BCUT2D eigenvalue weighted by Gasteiger charge is -2.13. The van der Waals surface area contributed by atoms with E-state index in [0.29, 0.717) is 22.0 Å². The van der Waals surface area contributed by atoms with Crippen molar-refractivity contribution in [2.75, 3.05) is 11.1 Å². The first-order valence-corrected chi connectivity index (χ1v) is 5.81. The topological polar surface area (TPSA) is 61.8 Å². The average Bonchev–Trinajstić information content (AvgIpc) is 2.36. The number of rotatable bonds is 2. The summed E-state index contributed by atoms with van der Waals surface area (Å²) in [5, 5.41) is 12.8. The summed E-state index contributed by atoms with van der Waals surface area (Å²) in [6.07, 6.45) is 0. The standard InChI is InChI=1S/C14H12ClN3/c1-9-3-2-4-10(8-16)14(9)18-13-7-11(17)5-6-12(13)15/h2-7,18H,17H2,1H3. The lowest BCUT2D eigenvalue weighted by Crippen LogP contribution is -1.98. The van der Waals surface area contributed by atoms with Crippen LogP contribution in [0.25, 0.3) is 0 Å². The quantitative estimate of drug-likeness (QED) is 0.804. The summed E-state index contributed by atoms with van der Waals surface area (Å²) in [4.78, 5) is 0. The fraction of sp³-hybridized carbons (Fsp3) is 0.0714. The second kappa shape index (κ2) is 4.99. The van der Waals surface area contributed by atoms with Gasteiger partial charge in [0.15, 0.2) is 0 Å². The van der Waals surface area contributed by atoms with Crippen LogP contribution in [0.2, 0.25) is 5.02 Å². The van der Waals surface area contributed by atoms with Crippen molar-refractivity contribution in [3.05, 3.63) is 52.5 Å². The van der Waals surface area contributed by atoms with Crippen molar-refractivity contribution < 1.29 is 0 Å². The molecule has 0 saturated carbocycles. The normalized spacial score (nSPS) is 9.83. The van der Waals surface area contributed by atoms with Crippen molar-refractivity contribution >= 4 is 28.7 Å². The lowest BCUT2D eigenvalue weighted by atomic mass is 10.1. The zero-order valence-corrected chi connectivity index (χ0v) is 10.6. The molecular formula is C14H12ClN3. The van der Waals surface area contributed by atoms with Crippen molar-refractivity contribution in [2.45, 2.75) is 6.92 Å². The zero-order chi connectivity index (χ0) is 13.1. The monoisotopic (exact) mass is 257 g/mol. The van der Waals surface area contributed by atoms with Crippen LogP contribution in [0.3, 0.4) is 0 Å². The van der Waals surface area contributed by atoms with Crippen LogP contribution in [0.4, 0.5) is 17.1 Å². The Kier molecular flexibility index (Phi) is 3.40. The molecule has 18 heavy (non-hydrogen) atoms. The van der Waals surface area contributed by atoms with Gasteiger partial charge in [-0.15, -0.1) is 0 Å². The number of halogens is 1. The van der Waals surface area contributed by atoms with E-state index in [-0.39, 0.29) is 0 Å². The Morgan fingerprint density at radius 2 is 2.06 bits per heavy atom. The average molecular weight is 258 g/mol. The van der Waals surface area contributed by atoms with Gasteiger partial charge in [-0.3, -0.25) is 0 Å². The molecule has 0 atom stereocenters. The number of hydrogen-bond acceptors (Lipinski definition) is 3. The Bertz CT molecular complexity index is 629. The fourth-order valence-corrected chi connectivity index (χ4v) is 1.86. The number of nitrogens with one attached hydrogen (secondary N) is 1. The summed E-state index contributed by atoms with van der Waals surface area (Å²) < 4.78 is 0. The zero-order valence-electron chi connectivity index (χ0n) is 9.87. The molecule has 0 fully saturated rings. The third-order valence-electron chi connectivity index (χ3n) is 2.64. The molecule has 0 aliphatic rings. The maximum Gasteiger partial charge on any atom is 0.101 e. The van der Waals surface area contributed by atoms with E-state index in [1.807, 2.05) is 19.1 Å². The predicted molar refractivity (Wildman–Crippen MR) is 75.0 cm³/mol. The van der Waals surface area contributed by atoms with Gasteiger partial charge in [-0.25, -0.2) is 0 Å². The number of nitrogen functional groups attached to an aromatic ring is 1. The molecule has 0 heterocycles. The minimum absolute atomic E-state index is 0.566. The summed E-state index contributed by atoms with van der Waals surface area (Å²) in [6, 6.07) is 12.9. The number of aryl methyl sites for hydroxylation is 1. The van der Waals surface area contributed by atoms with Crippen LogP contribution >= 0.6 is 11.6 Å². The van der Waals surface area contributed by atoms with Crippen LogP contribution in [0.15, 0.2) is 36.4 Å². The summed E-state index contributed by atoms with van der Waals surface area (Å²) in [5.41, 5.74) is 9.36. The number of benzene rings is 2. The highest BCUT2D eigenvalue weighted by Crippen LogP contribution is 2.30. The molecule has 0 aliphatic heterocycles. The smallest absolute Gasteiger partial charge is 0.101 e. The Hall–Kier alpha value is -2.18. The van der Waals surface area contributed by atoms with Gasteiger partial charge in [0.05, 0.1) is 22.0 Å². The molecule has 0 bridgehead atoms. The number of para-hydroxylation sites is 1. The van der Waals surface area contributed by atoms with Crippen LogP contribution in [-0.4, -0.2) is 0 Å². The van der Waals surface area contributed by atoms with Crippen molar-refractivity contribution in [3.8, 4) is 6.07 Å². The fourth-order valence-electron chi connectivity index (χ4n) is 1.70. The van der Waals surface area contributed by atoms with Gasteiger partial charge in [-0.05, 0) is 36.8 Å². The van der Waals surface area contributed by atoms with Gasteiger partial charge in [0.1, 0.15) is 6.07 Å². The second-order valence-electron chi connectivity index (χ2n) is 3.97. The number of nitrogens with zero attached hydrogens (tertiary/aromatic N) is 1. The van der Waals surface area contributed by atoms with Gasteiger partial charge in [-0.2, -0.15) is 5.26 Å². The molecule has 0 saturated heterocycles. The Morgan fingerprint density at radius 3 is 2.78 bits per heavy atom. The molecule has 2 rings (SSSR count). The Morgan fingerprint density at radius 1 is 1.28 bits per heavy atom. The van der Waals surface area contributed by atoms with Crippen molar-refractivity contribution in [1.82, 2.24) is 0 Å². The molecule has 2 aromatic rings. The Balaban J connectivity index is 2.46. The molecule has 0 aliphatic carbocycles. The summed E-state index contributed by atoms with van der Waals surface area (Å²) in [7, 11) is 0. The summed E-state index contributed by atoms with van der Waals surface area (Å²) in [6.45, 7) is 1.93. The van der Waals surface area contributed by atoms with E-state index in [0.717, 1.165) is 11.3 Å².